The Hall–Kier alpha value is -0.970. The predicted molar refractivity (Wildman–Crippen MR) is 74.6 cm³/mol. The molecule has 2 unspecified atom stereocenters. The molecule has 4 heteroatoms. The number of hydrogen-bond acceptors (Lipinski definition) is 3. The second kappa shape index (κ2) is 6.98. The summed E-state index contributed by atoms with van der Waals surface area (Å²) in [5.74, 6) is -0.182. The Balaban J connectivity index is 1.96. The average Bonchev–Trinajstić information content (AvgIpc) is 2.42. The van der Waals surface area contributed by atoms with Gasteiger partial charge in [-0.2, -0.15) is 0 Å². The van der Waals surface area contributed by atoms with Crippen LogP contribution in [-0.4, -0.2) is 43.8 Å². The molecule has 3 nitrogen and oxygen atoms in total. The Bertz CT molecular complexity index is 380. The molecule has 2 rings (SSSR count). The van der Waals surface area contributed by atoms with Crippen molar-refractivity contribution >= 4 is 0 Å². The summed E-state index contributed by atoms with van der Waals surface area (Å²) in [6.45, 7) is 5.52. The fraction of sp³-hybridized carbons (Fsp3) is 0.600. The first kappa shape index (κ1) is 14.4. The molecule has 1 aliphatic heterocycles. The zero-order valence-corrected chi connectivity index (χ0v) is 11.7. The molecule has 0 aromatic heterocycles. The monoisotopic (exact) mass is 266 g/mol. The molecule has 1 N–H and O–H groups in total. The molecule has 0 spiro atoms. The van der Waals surface area contributed by atoms with Gasteiger partial charge in [0.2, 0.25) is 0 Å². The molecule has 0 aliphatic carbocycles. The molecule has 1 aliphatic rings. The molecule has 2 atom stereocenters. The maximum atomic E-state index is 12.9. The molecule has 0 radical (unpaired) electrons. The first-order valence-electron chi connectivity index (χ1n) is 6.96. The summed E-state index contributed by atoms with van der Waals surface area (Å²) in [6.07, 6.45) is 1.05. The number of rotatable bonds is 5. The van der Waals surface area contributed by atoms with Gasteiger partial charge < -0.3 is 10.1 Å². The van der Waals surface area contributed by atoms with Crippen LogP contribution in [0.15, 0.2) is 24.3 Å². The van der Waals surface area contributed by atoms with Gasteiger partial charge in [0.25, 0.3) is 0 Å². The lowest BCUT2D eigenvalue weighted by molar-refractivity contribution is 0.00384. The Morgan fingerprint density at radius 1 is 1.37 bits per heavy atom. The van der Waals surface area contributed by atoms with E-state index in [2.05, 4.69) is 24.2 Å². The van der Waals surface area contributed by atoms with Gasteiger partial charge in [0.05, 0.1) is 6.61 Å². The summed E-state index contributed by atoms with van der Waals surface area (Å²) in [5.41, 5.74) is 1.13. The van der Waals surface area contributed by atoms with Gasteiger partial charge in [-0.25, -0.2) is 4.39 Å². The van der Waals surface area contributed by atoms with Crippen molar-refractivity contribution in [2.45, 2.75) is 32.0 Å². The van der Waals surface area contributed by atoms with Crippen LogP contribution in [0.3, 0.4) is 0 Å². The minimum absolute atomic E-state index is 0.182. The Morgan fingerprint density at radius 2 is 2.11 bits per heavy atom. The van der Waals surface area contributed by atoms with Gasteiger partial charge in [-0.05, 0) is 37.7 Å². The van der Waals surface area contributed by atoms with E-state index in [0.717, 1.165) is 38.3 Å². The molecule has 1 aromatic carbocycles. The normalized spacial score (nSPS) is 23.8. The molecular weight excluding hydrogens is 243 g/mol. The zero-order valence-electron chi connectivity index (χ0n) is 11.7. The fourth-order valence-electron chi connectivity index (χ4n) is 2.65. The van der Waals surface area contributed by atoms with Crippen molar-refractivity contribution in [3.63, 3.8) is 0 Å². The molecule has 1 aromatic rings. The van der Waals surface area contributed by atoms with Gasteiger partial charge in [-0.1, -0.05) is 19.1 Å². The van der Waals surface area contributed by atoms with E-state index in [1.807, 2.05) is 12.1 Å². The van der Waals surface area contributed by atoms with Crippen molar-refractivity contribution < 1.29 is 9.13 Å². The van der Waals surface area contributed by atoms with Crippen LogP contribution >= 0.6 is 0 Å². The highest BCUT2D eigenvalue weighted by Crippen LogP contribution is 2.16. The molecule has 0 saturated carbocycles. The topological polar surface area (TPSA) is 24.5 Å². The maximum Gasteiger partial charge on any atom is 0.123 e. The number of hydrogen-bond donors (Lipinski definition) is 1. The number of likely N-dealkylation sites (N-methyl/N-ethyl adjacent to an activating group) is 2. The van der Waals surface area contributed by atoms with Gasteiger partial charge in [-0.15, -0.1) is 0 Å². The molecule has 1 heterocycles. The van der Waals surface area contributed by atoms with Crippen molar-refractivity contribution in [1.29, 1.82) is 0 Å². The maximum absolute atomic E-state index is 12.9. The largest absolute Gasteiger partial charge is 0.380 e. The lowest BCUT2D eigenvalue weighted by atomic mass is 10.0. The first-order chi connectivity index (χ1) is 9.20. The number of nitrogens with one attached hydrogen (secondary N) is 1. The molecule has 1 saturated heterocycles. The van der Waals surface area contributed by atoms with E-state index < -0.39 is 0 Å². The molecule has 106 valence electrons. The van der Waals surface area contributed by atoms with Gasteiger partial charge >= 0.3 is 0 Å². The minimum atomic E-state index is -0.182. The summed E-state index contributed by atoms with van der Waals surface area (Å²) in [7, 11) is 2.10. The fourth-order valence-corrected chi connectivity index (χ4v) is 2.65. The smallest absolute Gasteiger partial charge is 0.123 e. The highest BCUT2D eigenvalue weighted by atomic mass is 19.1. The van der Waals surface area contributed by atoms with E-state index >= 15 is 0 Å². The molecular formula is C15H23FN2O. The van der Waals surface area contributed by atoms with Crippen molar-refractivity contribution in [1.82, 2.24) is 10.2 Å². The van der Waals surface area contributed by atoms with Crippen LogP contribution in [-0.2, 0) is 11.3 Å². The summed E-state index contributed by atoms with van der Waals surface area (Å²) >= 11 is 0. The highest BCUT2D eigenvalue weighted by Gasteiger charge is 2.28. The lowest BCUT2D eigenvalue weighted by Crippen LogP contribution is -2.53. The van der Waals surface area contributed by atoms with E-state index in [1.54, 1.807) is 0 Å². The molecule has 0 bridgehead atoms. The standard InChI is InChI=1S/C15H23FN2O/c1-3-17-14-8-9-19-11-15(14)18(2)10-12-4-6-13(16)7-5-12/h4-7,14-15,17H,3,8-11H2,1-2H3. The van der Waals surface area contributed by atoms with E-state index in [-0.39, 0.29) is 5.82 Å². The van der Waals surface area contributed by atoms with Crippen LogP contribution in [0.1, 0.15) is 18.9 Å². The van der Waals surface area contributed by atoms with Crippen molar-refractivity contribution in [3.05, 3.63) is 35.6 Å². The summed E-state index contributed by atoms with van der Waals surface area (Å²) in [6, 6.07) is 7.57. The van der Waals surface area contributed by atoms with Crippen molar-refractivity contribution in [2.24, 2.45) is 0 Å². The molecule has 1 fully saturated rings. The van der Waals surface area contributed by atoms with Gasteiger partial charge in [0.15, 0.2) is 0 Å². The third kappa shape index (κ3) is 4.00. The summed E-state index contributed by atoms with van der Waals surface area (Å²) in [5, 5.41) is 3.53. The van der Waals surface area contributed by atoms with Crippen LogP contribution in [0.5, 0.6) is 0 Å². The zero-order chi connectivity index (χ0) is 13.7. The third-order valence-corrected chi connectivity index (χ3v) is 3.70. The Labute approximate surface area is 114 Å². The van der Waals surface area contributed by atoms with Crippen LogP contribution in [0.2, 0.25) is 0 Å². The first-order valence-corrected chi connectivity index (χ1v) is 6.96. The van der Waals surface area contributed by atoms with E-state index in [9.17, 15) is 4.39 Å². The van der Waals surface area contributed by atoms with Gasteiger partial charge in [0, 0.05) is 25.2 Å². The van der Waals surface area contributed by atoms with Crippen molar-refractivity contribution in [2.75, 3.05) is 26.8 Å². The third-order valence-electron chi connectivity index (χ3n) is 3.70. The van der Waals surface area contributed by atoms with Crippen LogP contribution in [0.4, 0.5) is 4.39 Å². The molecule has 0 amide bonds. The van der Waals surface area contributed by atoms with Gasteiger partial charge in [-0.3, -0.25) is 4.90 Å². The second-order valence-electron chi connectivity index (χ2n) is 5.14. The van der Waals surface area contributed by atoms with Crippen LogP contribution in [0.25, 0.3) is 0 Å². The number of halogens is 1. The van der Waals surface area contributed by atoms with Crippen LogP contribution in [0, 0.1) is 5.82 Å². The Morgan fingerprint density at radius 3 is 2.79 bits per heavy atom. The van der Waals surface area contributed by atoms with E-state index in [0.29, 0.717) is 12.1 Å². The SMILES string of the molecule is CCNC1CCOCC1N(C)Cc1ccc(F)cc1. The number of nitrogens with zero attached hydrogens (tertiary/aromatic N) is 1. The predicted octanol–water partition coefficient (Wildman–Crippen LogP) is 2.02. The quantitative estimate of drug-likeness (QED) is 0.882. The summed E-state index contributed by atoms with van der Waals surface area (Å²) in [4.78, 5) is 2.29. The van der Waals surface area contributed by atoms with E-state index in [1.165, 1.54) is 12.1 Å². The number of ether oxygens (including phenoxy) is 1. The highest BCUT2D eigenvalue weighted by molar-refractivity contribution is 5.16. The van der Waals surface area contributed by atoms with Crippen molar-refractivity contribution in [3.8, 4) is 0 Å². The minimum Gasteiger partial charge on any atom is -0.380 e. The molecule has 19 heavy (non-hydrogen) atoms. The van der Waals surface area contributed by atoms with Gasteiger partial charge in [0.1, 0.15) is 5.82 Å². The lowest BCUT2D eigenvalue weighted by Gasteiger charge is -2.38. The van der Waals surface area contributed by atoms with E-state index in [4.69, 9.17) is 4.74 Å². The Kier molecular flexibility index (Phi) is 5.31. The average molecular weight is 266 g/mol. The van der Waals surface area contributed by atoms with Crippen LogP contribution < -0.4 is 5.32 Å². The second-order valence-corrected chi connectivity index (χ2v) is 5.14. The summed E-state index contributed by atoms with van der Waals surface area (Å²) < 4.78 is 18.5. The number of benzene rings is 1.